The number of carbonyl (C=O) groups is 1. The van der Waals surface area contributed by atoms with Gasteiger partial charge in [0, 0.05) is 13.0 Å². The van der Waals surface area contributed by atoms with E-state index in [1.165, 1.54) is 0 Å². The summed E-state index contributed by atoms with van der Waals surface area (Å²) in [7, 11) is 0. The van der Waals surface area contributed by atoms with Crippen molar-refractivity contribution in [3.8, 4) is 0 Å². The number of oxime groups is 1. The Morgan fingerprint density at radius 2 is 2.36 bits per heavy atom. The van der Waals surface area contributed by atoms with Crippen molar-refractivity contribution in [3.63, 3.8) is 0 Å². The Labute approximate surface area is 83.2 Å². The number of hydrogen-bond donors (Lipinski definition) is 1. The molecule has 0 aromatic carbocycles. The van der Waals surface area contributed by atoms with Gasteiger partial charge in [-0.2, -0.15) is 0 Å². The summed E-state index contributed by atoms with van der Waals surface area (Å²) < 4.78 is 5.12. The number of esters is 1. The van der Waals surface area contributed by atoms with Gasteiger partial charge < -0.3 is 15.3 Å². The van der Waals surface area contributed by atoms with Crippen molar-refractivity contribution < 1.29 is 14.4 Å². The van der Waals surface area contributed by atoms with Crippen molar-refractivity contribution in [1.82, 2.24) is 0 Å². The van der Waals surface area contributed by atoms with Crippen molar-refractivity contribution >= 4 is 11.7 Å². The van der Waals surface area contributed by atoms with Crippen LogP contribution >= 0.6 is 0 Å². The average molecular weight is 200 g/mol. The second kappa shape index (κ2) is 3.96. The first-order valence-electron chi connectivity index (χ1n) is 4.58. The van der Waals surface area contributed by atoms with Crippen molar-refractivity contribution in [2.24, 2.45) is 10.9 Å². The van der Waals surface area contributed by atoms with Crippen LogP contribution in [-0.2, 0) is 14.4 Å². The molecule has 5 nitrogen and oxygen atoms in total. The zero-order valence-corrected chi connectivity index (χ0v) is 8.74. The zero-order valence-electron chi connectivity index (χ0n) is 8.74. The first kappa shape index (κ1) is 11.0. The lowest BCUT2D eigenvalue weighted by molar-refractivity contribution is -0.146. The summed E-state index contributed by atoms with van der Waals surface area (Å²) in [5, 5.41) is 3.63. The van der Waals surface area contributed by atoms with Gasteiger partial charge in [0.1, 0.15) is 11.7 Å². The Morgan fingerprint density at radius 3 is 2.79 bits per heavy atom. The molecular formula is C9H16N2O3. The fourth-order valence-electron chi connectivity index (χ4n) is 1.01. The first-order valence-corrected chi connectivity index (χ1v) is 4.58. The summed E-state index contributed by atoms with van der Waals surface area (Å²) in [6.07, 6.45) is 0.253. The van der Waals surface area contributed by atoms with Crippen LogP contribution in [0.15, 0.2) is 5.16 Å². The van der Waals surface area contributed by atoms with Crippen molar-refractivity contribution in [1.29, 1.82) is 0 Å². The number of nitrogens with two attached hydrogens (primary N) is 1. The minimum Gasteiger partial charge on any atom is -0.455 e. The maximum Gasteiger partial charge on any atom is 0.356 e. The van der Waals surface area contributed by atoms with Crippen LogP contribution in [0.2, 0.25) is 0 Å². The van der Waals surface area contributed by atoms with Crippen LogP contribution in [0.1, 0.15) is 27.2 Å². The Balaban J connectivity index is 2.48. The molecule has 0 aromatic heterocycles. The van der Waals surface area contributed by atoms with Gasteiger partial charge in [-0.15, -0.1) is 0 Å². The van der Waals surface area contributed by atoms with Gasteiger partial charge >= 0.3 is 5.97 Å². The molecule has 0 radical (unpaired) electrons. The van der Waals surface area contributed by atoms with Gasteiger partial charge in [0.2, 0.25) is 0 Å². The summed E-state index contributed by atoms with van der Waals surface area (Å²) in [4.78, 5) is 16.4. The molecule has 0 aromatic rings. The monoisotopic (exact) mass is 200 g/mol. The SMILES string of the molecule is CC(C)(C)OC(=O)C1=NOC(CN)C1. The first-order chi connectivity index (χ1) is 6.42. The van der Waals surface area contributed by atoms with E-state index in [9.17, 15) is 4.79 Å². The molecule has 0 saturated heterocycles. The minimum absolute atomic E-state index is 0.183. The molecule has 1 unspecified atom stereocenters. The van der Waals surface area contributed by atoms with Gasteiger partial charge in [0.05, 0.1) is 0 Å². The number of rotatable bonds is 2. The van der Waals surface area contributed by atoms with Gasteiger partial charge in [-0.25, -0.2) is 4.79 Å². The second-order valence-corrected chi connectivity index (χ2v) is 4.21. The van der Waals surface area contributed by atoms with E-state index in [0.29, 0.717) is 18.7 Å². The lowest BCUT2D eigenvalue weighted by atomic mass is 10.1. The van der Waals surface area contributed by atoms with Crippen molar-refractivity contribution in [2.45, 2.75) is 38.9 Å². The molecule has 5 heteroatoms. The molecule has 2 N–H and O–H groups in total. The average Bonchev–Trinajstić information content (AvgIpc) is 2.48. The smallest absolute Gasteiger partial charge is 0.356 e. The van der Waals surface area contributed by atoms with E-state index in [-0.39, 0.29) is 6.10 Å². The van der Waals surface area contributed by atoms with E-state index in [2.05, 4.69) is 5.16 Å². The summed E-state index contributed by atoms with van der Waals surface area (Å²) in [5.74, 6) is -0.423. The topological polar surface area (TPSA) is 73.9 Å². The largest absolute Gasteiger partial charge is 0.455 e. The predicted molar refractivity (Wildman–Crippen MR) is 51.8 cm³/mol. The highest BCUT2D eigenvalue weighted by Gasteiger charge is 2.28. The van der Waals surface area contributed by atoms with E-state index in [0.717, 1.165) is 0 Å². The molecule has 1 heterocycles. The molecule has 0 amide bonds. The van der Waals surface area contributed by atoms with Crippen LogP contribution in [-0.4, -0.2) is 29.9 Å². The lowest BCUT2D eigenvalue weighted by Gasteiger charge is -2.18. The van der Waals surface area contributed by atoms with E-state index in [1.54, 1.807) is 0 Å². The number of nitrogens with zero attached hydrogens (tertiary/aromatic N) is 1. The highest BCUT2D eigenvalue weighted by atomic mass is 16.6. The molecule has 1 atom stereocenters. The number of ether oxygens (including phenoxy) is 1. The van der Waals surface area contributed by atoms with Gasteiger partial charge in [-0.1, -0.05) is 5.16 Å². The normalized spacial score (nSPS) is 21.4. The third kappa shape index (κ3) is 2.99. The summed E-state index contributed by atoms with van der Waals surface area (Å²) in [6.45, 7) is 5.78. The Morgan fingerprint density at radius 1 is 1.71 bits per heavy atom. The third-order valence-electron chi connectivity index (χ3n) is 1.63. The Bertz CT molecular complexity index is 255. The zero-order chi connectivity index (χ0) is 10.8. The minimum atomic E-state index is -0.500. The number of hydrogen-bond acceptors (Lipinski definition) is 5. The maximum atomic E-state index is 11.4. The number of carbonyl (C=O) groups excluding carboxylic acids is 1. The van der Waals surface area contributed by atoms with Crippen LogP contribution in [0.4, 0.5) is 0 Å². The van der Waals surface area contributed by atoms with Crippen molar-refractivity contribution in [3.05, 3.63) is 0 Å². The van der Waals surface area contributed by atoms with E-state index < -0.39 is 11.6 Å². The van der Waals surface area contributed by atoms with Gasteiger partial charge in [-0.3, -0.25) is 0 Å². The van der Waals surface area contributed by atoms with Crippen LogP contribution < -0.4 is 5.73 Å². The Hall–Kier alpha value is -1.10. The standard InChI is InChI=1S/C9H16N2O3/c1-9(2,3)13-8(12)7-4-6(5-10)14-11-7/h6H,4-5,10H2,1-3H3. The Kier molecular flexibility index (Phi) is 3.10. The summed E-state index contributed by atoms with van der Waals surface area (Å²) in [6, 6.07) is 0. The van der Waals surface area contributed by atoms with Crippen LogP contribution in [0.3, 0.4) is 0 Å². The maximum absolute atomic E-state index is 11.4. The molecule has 1 aliphatic rings. The molecular weight excluding hydrogens is 184 g/mol. The third-order valence-corrected chi connectivity index (χ3v) is 1.63. The predicted octanol–water partition coefficient (Wildman–Crippen LogP) is 0.432. The van der Waals surface area contributed by atoms with Gasteiger partial charge in [0.25, 0.3) is 0 Å². The van der Waals surface area contributed by atoms with Crippen LogP contribution in [0.5, 0.6) is 0 Å². The molecule has 14 heavy (non-hydrogen) atoms. The van der Waals surface area contributed by atoms with Crippen LogP contribution in [0, 0.1) is 0 Å². The fraction of sp³-hybridized carbons (Fsp3) is 0.778. The molecule has 0 fully saturated rings. The molecule has 0 saturated carbocycles. The molecule has 1 rings (SSSR count). The van der Waals surface area contributed by atoms with Crippen molar-refractivity contribution in [2.75, 3.05) is 6.54 Å². The molecule has 80 valence electrons. The molecule has 0 aliphatic carbocycles. The summed E-state index contributed by atoms with van der Waals surface area (Å²) in [5.41, 5.74) is 5.19. The molecule has 0 bridgehead atoms. The highest BCUT2D eigenvalue weighted by molar-refractivity contribution is 6.36. The van der Waals surface area contributed by atoms with Gasteiger partial charge in [-0.05, 0) is 20.8 Å². The van der Waals surface area contributed by atoms with Gasteiger partial charge in [0.15, 0.2) is 5.71 Å². The van der Waals surface area contributed by atoms with Crippen LogP contribution in [0.25, 0.3) is 0 Å². The quantitative estimate of drug-likeness (QED) is 0.656. The summed E-state index contributed by atoms with van der Waals surface area (Å²) >= 11 is 0. The fourth-order valence-corrected chi connectivity index (χ4v) is 1.01. The second-order valence-electron chi connectivity index (χ2n) is 4.21. The van der Waals surface area contributed by atoms with E-state index >= 15 is 0 Å². The van der Waals surface area contributed by atoms with E-state index in [4.69, 9.17) is 15.3 Å². The van der Waals surface area contributed by atoms with E-state index in [1.807, 2.05) is 20.8 Å². The molecule has 0 spiro atoms. The lowest BCUT2D eigenvalue weighted by Crippen LogP contribution is -2.29. The highest BCUT2D eigenvalue weighted by Crippen LogP contribution is 2.14. The molecule has 1 aliphatic heterocycles.